The lowest BCUT2D eigenvalue weighted by molar-refractivity contribution is -0.114. The lowest BCUT2D eigenvalue weighted by Crippen LogP contribution is -2.59. The highest BCUT2D eigenvalue weighted by Crippen LogP contribution is 2.40. The number of aryl methyl sites for hydroxylation is 2. The summed E-state index contributed by atoms with van der Waals surface area (Å²) in [5.41, 5.74) is 4.92. The lowest BCUT2D eigenvalue weighted by Gasteiger charge is -2.48. The normalized spacial score (nSPS) is 21.8. The summed E-state index contributed by atoms with van der Waals surface area (Å²) >= 11 is 0. The minimum atomic E-state index is -0.386. The molecule has 4 rings (SSSR count). The third-order valence-electron chi connectivity index (χ3n) is 6.69. The van der Waals surface area contributed by atoms with E-state index in [1.54, 1.807) is 0 Å². The molecule has 29 heavy (non-hydrogen) atoms. The number of carbonyl (C=O) groups excluding carboxylic acids is 2. The van der Waals surface area contributed by atoms with E-state index in [9.17, 15) is 9.59 Å². The predicted molar refractivity (Wildman–Crippen MR) is 116 cm³/mol. The zero-order valence-electron chi connectivity index (χ0n) is 17.5. The van der Waals surface area contributed by atoms with Crippen LogP contribution in [0.3, 0.4) is 0 Å². The van der Waals surface area contributed by atoms with Crippen molar-refractivity contribution < 1.29 is 9.59 Å². The number of nitrogens with zero attached hydrogens (tertiary/aromatic N) is 1. The molecule has 1 spiro atoms. The highest BCUT2D eigenvalue weighted by Gasteiger charge is 2.47. The second-order valence-corrected chi connectivity index (χ2v) is 8.53. The molecule has 0 saturated carbocycles. The Morgan fingerprint density at radius 2 is 1.97 bits per heavy atom. The number of anilines is 1. The first-order valence-corrected chi connectivity index (χ1v) is 10.7. The lowest BCUT2D eigenvalue weighted by atomic mass is 9.71. The maximum Gasteiger partial charge on any atom is 0.221 e. The second kappa shape index (κ2) is 8.11. The second-order valence-electron chi connectivity index (χ2n) is 8.53. The summed E-state index contributed by atoms with van der Waals surface area (Å²) in [4.78, 5) is 27.7. The van der Waals surface area contributed by atoms with Crippen molar-refractivity contribution in [1.29, 1.82) is 0 Å². The fourth-order valence-corrected chi connectivity index (χ4v) is 5.10. The molecule has 2 aliphatic rings. The van der Waals surface area contributed by atoms with Crippen LogP contribution in [-0.4, -0.2) is 35.2 Å². The molecule has 1 fully saturated rings. The van der Waals surface area contributed by atoms with E-state index in [1.807, 2.05) is 18.2 Å². The van der Waals surface area contributed by atoms with Gasteiger partial charge in [0.05, 0.1) is 5.54 Å². The number of fused-ring (bicyclic) bond motifs is 1. The van der Waals surface area contributed by atoms with Crippen LogP contribution in [-0.2, 0) is 17.6 Å². The van der Waals surface area contributed by atoms with Gasteiger partial charge in [0.1, 0.15) is 0 Å². The number of piperidine rings is 1. The monoisotopic (exact) mass is 390 g/mol. The van der Waals surface area contributed by atoms with Crippen molar-refractivity contribution in [2.75, 3.05) is 18.4 Å². The molecular weight excluding hydrogens is 360 g/mol. The highest BCUT2D eigenvalue weighted by molar-refractivity contribution is 6.06. The Bertz CT molecular complexity index is 936. The van der Waals surface area contributed by atoms with Crippen LogP contribution in [0.5, 0.6) is 0 Å². The van der Waals surface area contributed by atoms with Gasteiger partial charge in [0.25, 0.3) is 0 Å². The zero-order chi connectivity index (χ0) is 20.4. The van der Waals surface area contributed by atoms with E-state index in [0.29, 0.717) is 5.69 Å². The van der Waals surface area contributed by atoms with E-state index < -0.39 is 0 Å². The molecule has 0 bridgehead atoms. The number of hydrogen-bond acceptors (Lipinski definition) is 3. The minimum Gasteiger partial charge on any atom is -0.326 e. The Labute approximate surface area is 173 Å². The van der Waals surface area contributed by atoms with Crippen LogP contribution in [0.1, 0.15) is 59.7 Å². The molecule has 2 aromatic carbocycles. The van der Waals surface area contributed by atoms with Crippen molar-refractivity contribution in [2.45, 2.75) is 57.9 Å². The number of rotatable bonds is 4. The Balaban J connectivity index is 1.60. The molecule has 1 heterocycles. The van der Waals surface area contributed by atoms with Crippen molar-refractivity contribution >= 4 is 17.4 Å². The number of Topliss-reactive ketones (excluding diaryl/α,β-unsaturated/α-hetero) is 1. The molecule has 152 valence electrons. The Kier molecular flexibility index (Phi) is 5.55. The number of hydrogen-bond donors (Lipinski definition) is 1. The first-order chi connectivity index (χ1) is 14.0. The van der Waals surface area contributed by atoms with E-state index >= 15 is 0 Å². The maximum absolute atomic E-state index is 13.8. The molecule has 1 N–H and O–H groups in total. The molecule has 2 aromatic rings. The molecule has 4 heteroatoms. The molecule has 1 saturated heterocycles. The molecule has 4 nitrogen and oxygen atoms in total. The predicted octanol–water partition coefficient (Wildman–Crippen LogP) is 4.55. The molecule has 0 unspecified atom stereocenters. The quantitative estimate of drug-likeness (QED) is 0.833. The standard InChI is InChI=1S/C25H30N2O2/c1-18-7-3-4-8-20(18)12-16-27-15-6-5-13-25(27)14-11-21-9-10-22(26-19(2)28)17-23(21)24(25)29/h3-4,7-10,17H,5-6,11-16H2,1-2H3,(H,26,28)/t25-/m0/s1. The van der Waals surface area contributed by atoms with Gasteiger partial charge in [0.15, 0.2) is 5.78 Å². The summed E-state index contributed by atoms with van der Waals surface area (Å²) in [6.45, 7) is 5.56. The Morgan fingerprint density at radius 3 is 2.76 bits per heavy atom. The van der Waals surface area contributed by atoms with Gasteiger partial charge in [0.2, 0.25) is 5.91 Å². The zero-order valence-corrected chi connectivity index (χ0v) is 17.5. The van der Waals surface area contributed by atoms with Crippen LogP contribution < -0.4 is 5.32 Å². The van der Waals surface area contributed by atoms with Crippen LogP contribution >= 0.6 is 0 Å². The van der Waals surface area contributed by atoms with Gasteiger partial charge < -0.3 is 5.32 Å². The number of nitrogens with one attached hydrogen (secondary N) is 1. The summed E-state index contributed by atoms with van der Waals surface area (Å²) in [5, 5.41) is 2.83. The van der Waals surface area contributed by atoms with Crippen molar-refractivity contribution in [3.05, 3.63) is 64.7 Å². The van der Waals surface area contributed by atoms with Gasteiger partial charge in [-0.2, -0.15) is 0 Å². The van der Waals surface area contributed by atoms with Crippen LogP contribution in [0.15, 0.2) is 42.5 Å². The van der Waals surface area contributed by atoms with Crippen molar-refractivity contribution in [3.8, 4) is 0 Å². The minimum absolute atomic E-state index is 0.111. The van der Waals surface area contributed by atoms with Gasteiger partial charge in [-0.1, -0.05) is 30.3 Å². The molecule has 1 aliphatic heterocycles. The third kappa shape index (κ3) is 3.86. The SMILES string of the molecule is CC(=O)Nc1ccc2c(c1)C(=O)[C@]1(CCCCN1CCc1ccccc1C)CC2. The average Bonchev–Trinajstić information content (AvgIpc) is 2.71. The summed E-state index contributed by atoms with van der Waals surface area (Å²) in [6.07, 6.45) is 5.98. The molecule has 0 radical (unpaired) electrons. The fraction of sp³-hybridized carbons (Fsp3) is 0.440. The third-order valence-corrected chi connectivity index (χ3v) is 6.69. The number of likely N-dealkylation sites (tertiary alicyclic amines) is 1. The first-order valence-electron chi connectivity index (χ1n) is 10.7. The van der Waals surface area contributed by atoms with Gasteiger partial charge in [-0.25, -0.2) is 0 Å². The fourth-order valence-electron chi connectivity index (χ4n) is 5.10. The molecule has 1 aliphatic carbocycles. The number of carbonyl (C=O) groups is 2. The molecular formula is C25H30N2O2. The summed E-state index contributed by atoms with van der Waals surface area (Å²) in [5.74, 6) is 0.135. The van der Waals surface area contributed by atoms with Gasteiger partial charge in [-0.15, -0.1) is 0 Å². The van der Waals surface area contributed by atoms with E-state index in [2.05, 4.69) is 41.4 Å². The van der Waals surface area contributed by atoms with E-state index in [-0.39, 0.29) is 17.2 Å². The first kappa shape index (κ1) is 19.8. The van der Waals surface area contributed by atoms with E-state index in [4.69, 9.17) is 0 Å². The van der Waals surface area contributed by atoms with E-state index in [0.717, 1.165) is 62.7 Å². The van der Waals surface area contributed by atoms with Crippen LogP contribution in [0.25, 0.3) is 0 Å². The highest BCUT2D eigenvalue weighted by atomic mass is 16.1. The molecule has 0 aromatic heterocycles. The molecule has 1 amide bonds. The van der Waals surface area contributed by atoms with Gasteiger partial charge in [0, 0.05) is 24.7 Å². The summed E-state index contributed by atoms with van der Waals surface area (Å²) < 4.78 is 0. The van der Waals surface area contributed by atoms with Crippen LogP contribution in [0.2, 0.25) is 0 Å². The Morgan fingerprint density at radius 1 is 1.14 bits per heavy atom. The van der Waals surface area contributed by atoms with Gasteiger partial charge >= 0.3 is 0 Å². The number of benzene rings is 2. The van der Waals surface area contributed by atoms with E-state index in [1.165, 1.54) is 18.1 Å². The largest absolute Gasteiger partial charge is 0.326 e. The number of amides is 1. The maximum atomic E-state index is 13.8. The van der Waals surface area contributed by atoms with Crippen LogP contribution in [0, 0.1) is 6.92 Å². The van der Waals surface area contributed by atoms with Gasteiger partial charge in [-0.05, 0) is 80.8 Å². The topological polar surface area (TPSA) is 49.4 Å². The average molecular weight is 391 g/mol. The van der Waals surface area contributed by atoms with Crippen molar-refractivity contribution in [1.82, 2.24) is 4.90 Å². The molecule has 1 atom stereocenters. The van der Waals surface area contributed by atoms with Crippen molar-refractivity contribution in [3.63, 3.8) is 0 Å². The Hall–Kier alpha value is -2.46. The summed E-state index contributed by atoms with van der Waals surface area (Å²) in [6, 6.07) is 14.3. The van der Waals surface area contributed by atoms with Gasteiger partial charge in [-0.3, -0.25) is 14.5 Å². The summed E-state index contributed by atoms with van der Waals surface area (Å²) in [7, 11) is 0. The van der Waals surface area contributed by atoms with Crippen LogP contribution in [0.4, 0.5) is 5.69 Å². The smallest absolute Gasteiger partial charge is 0.221 e. The number of ketones is 1. The van der Waals surface area contributed by atoms with Crippen molar-refractivity contribution in [2.24, 2.45) is 0 Å².